The van der Waals surface area contributed by atoms with Gasteiger partial charge in [-0.25, -0.2) is 9.97 Å². The van der Waals surface area contributed by atoms with E-state index < -0.39 is 0 Å². The van der Waals surface area contributed by atoms with Crippen molar-refractivity contribution < 1.29 is 0 Å². The Balaban J connectivity index is 1.95. The molecular formula is C15H17N5S. The van der Waals surface area contributed by atoms with E-state index in [-0.39, 0.29) is 0 Å². The zero-order valence-electron chi connectivity index (χ0n) is 12.3. The molecule has 3 rings (SSSR count). The van der Waals surface area contributed by atoms with Crippen molar-refractivity contribution in [2.75, 3.05) is 11.6 Å². The van der Waals surface area contributed by atoms with Gasteiger partial charge in [0.2, 0.25) is 0 Å². The molecule has 0 saturated carbocycles. The molecule has 0 atom stereocenters. The molecular weight excluding hydrogens is 282 g/mol. The van der Waals surface area contributed by atoms with Crippen molar-refractivity contribution in [1.29, 1.82) is 0 Å². The predicted molar refractivity (Wildman–Crippen MR) is 86.6 cm³/mol. The minimum atomic E-state index is 0.738. The smallest absolute Gasteiger partial charge is 0.191 e. The molecule has 0 aliphatic carbocycles. The molecule has 2 heterocycles. The molecule has 0 aliphatic heterocycles. The molecule has 6 heteroatoms. The minimum absolute atomic E-state index is 0.738. The SMILES string of the molecule is CSc1nc(NCc2ccccc2C)c2cnn(C)c2n1. The Labute approximate surface area is 127 Å². The van der Waals surface area contributed by atoms with Crippen LogP contribution >= 0.6 is 11.8 Å². The molecule has 0 amide bonds. The van der Waals surface area contributed by atoms with E-state index in [2.05, 4.69) is 51.6 Å². The summed E-state index contributed by atoms with van der Waals surface area (Å²) < 4.78 is 1.77. The van der Waals surface area contributed by atoms with Crippen molar-refractivity contribution in [3.05, 3.63) is 41.6 Å². The van der Waals surface area contributed by atoms with Crippen molar-refractivity contribution in [2.24, 2.45) is 7.05 Å². The average molecular weight is 299 g/mol. The summed E-state index contributed by atoms with van der Waals surface area (Å²) in [6, 6.07) is 8.34. The molecule has 1 N–H and O–H groups in total. The maximum absolute atomic E-state index is 4.56. The summed E-state index contributed by atoms with van der Waals surface area (Å²) in [5.41, 5.74) is 3.38. The minimum Gasteiger partial charge on any atom is -0.365 e. The van der Waals surface area contributed by atoms with E-state index in [0.29, 0.717) is 0 Å². The standard InChI is InChI=1S/C15H17N5S/c1-10-6-4-5-7-11(10)8-16-13-12-9-17-20(2)14(12)19-15(18-13)21-3/h4-7,9H,8H2,1-3H3,(H,16,18,19). The van der Waals surface area contributed by atoms with Gasteiger partial charge >= 0.3 is 0 Å². The molecule has 0 radical (unpaired) electrons. The van der Waals surface area contributed by atoms with Crippen LogP contribution in [0.2, 0.25) is 0 Å². The Bertz CT molecular complexity index is 781. The Hall–Kier alpha value is -2.08. The topological polar surface area (TPSA) is 55.6 Å². The normalized spacial score (nSPS) is 11.0. The third kappa shape index (κ3) is 2.71. The number of anilines is 1. The second kappa shape index (κ2) is 5.73. The maximum Gasteiger partial charge on any atom is 0.191 e. The van der Waals surface area contributed by atoms with E-state index in [1.807, 2.05) is 13.3 Å². The van der Waals surface area contributed by atoms with E-state index in [9.17, 15) is 0 Å². The zero-order chi connectivity index (χ0) is 14.8. The predicted octanol–water partition coefficient (Wildman–Crippen LogP) is 3.01. The number of hydrogen-bond donors (Lipinski definition) is 1. The second-order valence-corrected chi connectivity index (χ2v) is 5.62. The number of aromatic nitrogens is 4. The van der Waals surface area contributed by atoms with Gasteiger partial charge in [0.25, 0.3) is 0 Å². The van der Waals surface area contributed by atoms with Crippen LogP contribution in [0.4, 0.5) is 5.82 Å². The number of aryl methyl sites for hydroxylation is 2. The van der Waals surface area contributed by atoms with Crippen molar-refractivity contribution in [3.63, 3.8) is 0 Å². The van der Waals surface area contributed by atoms with Gasteiger partial charge in [-0.15, -0.1) is 0 Å². The van der Waals surface area contributed by atoms with Crippen LogP contribution < -0.4 is 5.32 Å². The molecule has 5 nitrogen and oxygen atoms in total. The molecule has 0 spiro atoms. The van der Waals surface area contributed by atoms with Crippen LogP contribution in [0, 0.1) is 6.92 Å². The Kier molecular flexibility index (Phi) is 3.79. The van der Waals surface area contributed by atoms with Gasteiger partial charge in [0.15, 0.2) is 10.8 Å². The van der Waals surface area contributed by atoms with Gasteiger partial charge in [-0.1, -0.05) is 36.0 Å². The van der Waals surface area contributed by atoms with Gasteiger partial charge in [0, 0.05) is 13.6 Å². The van der Waals surface area contributed by atoms with Crippen LogP contribution in [0.15, 0.2) is 35.6 Å². The quantitative estimate of drug-likeness (QED) is 0.593. The van der Waals surface area contributed by atoms with Crippen molar-refractivity contribution >= 4 is 28.6 Å². The highest BCUT2D eigenvalue weighted by Crippen LogP contribution is 2.23. The molecule has 21 heavy (non-hydrogen) atoms. The monoisotopic (exact) mass is 299 g/mol. The van der Waals surface area contributed by atoms with E-state index in [0.717, 1.165) is 28.6 Å². The summed E-state index contributed by atoms with van der Waals surface area (Å²) in [6.45, 7) is 2.85. The van der Waals surface area contributed by atoms with E-state index in [1.54, 1.807) is 10.9 Å². The fourth-order valence-electron chi connectivity index (χ4n) is 2.22. The third-order valence-electron chi connectivity index (χ3n) is 3.46. The molecule has 0 fully saturated rings. The third-order valence-corrected chi connectivity index (χ3v) is 4.01. The fourth-order valence-corrected chi connectivity index (χ4v) is 2.58. The highest BCUT2D eigenvalue weighted by Gasteiger charge is 2.11. The van der Waals surface area contributed by atoms with Crippen LogP contribution in [-0.2, 0) is 13.6 Å². The first-order valence-corrected chi connectivity index (χ1v) is 7.93. The lowest BCUT2D eigenvalue weighted by Crippen LogP contribution is -2.05. The van der Waals surface area contributed by atoms with Crippen molar-refractivity contribution in [1.82, 2.24) is 19.7 Å². The number of nitrogens with zero attached hydrogens (tertiary/aromatic N) is 4. The number of rotatable bonds is 4. The van der Waals surface area contributed by atoms with Crippen molar-refractivity contribution in [3.8, 4) is 0 Å². The van der Waals surface area contributed by atoms with E-state index >= 15 is 0 Å². The molecule has 0 aliphatic rings. The second-order valence-electron chi connectivity index (χ2n) is 4.84. The number of benzene rings is 1. The highest BCUT2D eigenvalue weighted by molar-refractivity contribution is 7.98. The number of thioether (sulfide) groups is 1. The number of fused-ring (bicyclic) bond motifs is 1. The largest absolute Gasteiger partial charge is 0.365 e. The lowest BCUT2D eigenvalue weighted by molar-refractivity contribution is 0.777. The summed E-state index contributed by atoms with van der Waals surface area (Å²) in [7, 11) is 1.89. The van der Waals surface area contributed by atoms with Gasteiger partial charge in [0.05, 0.1) is 11.6 Å². The van der Waals surface area contributed by atoms with Crippen LogP contribution in [0.3, 0.4) is 0 Å². The van der Waals surface area contributed by atoms with E-state index in [4.69, 9.17) is 0 Å². The molecule has 108 valence electrons. The van der Waals surface area contributed by atoms with Gasteiger partial charge in [-0.3, -0.25) is 4.68 Å². The number of hydrogen-bond acceptors (Lipinski definition) is 5. The number of nitrogens with one attached hydrogen (secondary N) is 1. The van der Waals surface area contributed by atoms with Crippen LogP contribution in [0.5, 0.6) is 0 Å². The molecule has 0 saturated heterocycles. The van der Waals surface area contributed by atoms with Crippen molar-refractivity contribution in [2.45, 2.75) is 18.6 Å². The molecule has 0 bridgehead atoms. The van der Waals surface area contributed by atoms with Crippen LogP contribution in [0.25, 0.3) is 11.0 Å². The first-order chi connectivity index (χ1) is 10.2. The zero-order valence-corrected chi connectivity index (χ0v) is 13.1. The average Bonchev–Trinajstić information content (AvgIpc) is 2.87. The molecule has 1 aromatic carbocycles. The summed E-state index contributed by atoms with van der Waals surface area (Å²) in [5, 5.41) is 9.38. The lowest BCUT2D eigenvalue weighted by atomic mass is 10.1. The molecule has 2 aromatic heterocycles. The fraction of sp³-hybridized carbons (Fsp3) is 0.267. The summed E-state index contributed by atoms with van der Waals surface area (Å²) in [4.78, 5) is 9.06. The van der Waals surface area contributed by atoms with Crippen LogP contribution in [-0.4, -0.2) is 26.0 Å². The Morgan fingerprint density at radius 2 is 2.05 bits per heavy atom. The van der Waals surface area contributed by atoms with Gasteiger partial charge in [0.1, 0.15) is 5.82 Å². The summed E-state index contributed by atoms with van der Waals surface area (Å²) >= 11 is 1.53. The Morgan fingerprint density at radius 1 is 1.24 bits per heavy atom. The van der Waals surface area contributed by atoms with Gasteiger partial charge < -0.3 is 5.32 Å². The maximum atomic E-state index is 4.56. The lowest BCUT2D eigenvalue weighted by Gasteiger charge is -2.10. The highest BCUT2D eigenvalue weighted by atomic mass is 32.2. The van der Waals surface area contributed by atoms with Gasteiger partial charge in [-0.05, 0) is 24.3 Å². The molecule has 0 unspecified atom stereocenters. The van der Waals surface area contributed by atoms with E-state index in [1.165, 1.54) is 22.9 Å². The van der Waals surface area contributed by atoms with Crippen LogP contribution in [0.1, 0.15) is 11.1 Å². The van der Waals surface area contributed by atoms with Gasteiger partial charge in [-0.2, -0.15) is 5.10 Å². The first-order valence-electron chi connectivity index (χ1n) is 6.71. The summed E-state index contributed by atoms with van der Waals surface area (Å²) in [5.74, 6) is 0.834. The summed E-state index contributed by atoms with van der Waals surface area (Å²) in [6.07, 6.45) is 3.78. The Morgan fingerprint density at radius 3 is 2.81 bits per heavy atom. The molecule has 3 aromatic rings. The first kappa shape index (κ1) is 13.9.